The number of hydrogen-bond donors (Lipinski definition) is 3. The van der Waals surface area contributed by atoms with E-state index < -0.39 is 36.0 Å². The molecule has 2 amide bonds. The third-order valence-corrected chi connectivity index (χ3v) is 7.06. The number of carboxylic acids is 1. The normalized spacial score (nSPS) is 17.0. The van der Waals surface area contributed by atoms with Crippen LogP contribution in [0.2, 0.25) is 10.0 Å². The summed E-state index contributed by atoms with van der Waals surface area (Å²) in [5.74, 6) is -1.47. The number of carboxylic acid groups (broad SMARTS) is 1. The van der Waals surface area contributed by atoms with E-state index in [1.807, 2.05) is 0 Å². The van der Waals surface area contributed by atoms with Gasteiger partial charge in [-0.25, -0.2) is 4.79 Å². The van der Waals surface area contributed by atoms with E-state index in [-0.39, 0.29) is 26.4 Å². The van der Waals surface area contributed by atoms with E-state index in [0.29, 0.717) is 32.7 Å². The average molecular weight is 603 g/mol. The van der Waals surface area contributed by atoms with Crippen molar-refractivity contribution >= 4 is 41.0 Å². The molecule has 1 aliphatic rings. The first kappa shape index (κ1) is 30.1. The van der Waals surface area contributed by atoms with Gasteiger partial charge in [0.15, 0.2) is 12.2 Å². The Morgan fingerprint density at radius 2 is 1.61 bits per heavy atom. The summed E-state index contributed by atoms with van der Waals surface area (Å²) in [5.41, 5.74) is 2.02. The Hall–Kier alpha value is -3.83. The molecule has 3 atom stereocenters. The number of hydrogen-bond acceptors (Lipinski definition) is 7. The number of para-hydroxylation sites is 1. The fraction of sp³-hybridized carbons (Fsp3) is 0.276. The van der Waals surface area contributed by atoms with Gasteiger partial charge in [0.1, 0.15) is 30.9 Å². The number of methoxy groups -OCH3 is 1. The van der Waals surface area contributed by atoms with Crippen LogP contribution in [0.25, 0.3) is 0 Å². The third kappa shape index (κ3) is 7.89. The lowest BCUT2D eigenvalue weighted by Gasteiger charge is -2.20. The second-order valence-electron chi connectivity index (χ2n) is 9.06. The van der Waals surface area contributed by atoms with Crippen molar-refractivity contribution in [3.63, 3.8) is 0 Å². The zero-order valence-electron chi connectivity index (χ0n) is 22.0. The van der Waals surface area contributed by atoms with Gasteiger partial charge in [0, 0.05) is 34.1 Å². The second-order valence-corrected chi connectivity index (χ2v) is 9.87. The number of nitrogens with one attached hydrogen (secondary N) is 2. The molecule has 0 spiro atoms. The molecule has 3 aromatic carbocycles. The molecule has 1 aliphatic heterocycles. The monoisotopic (exact) mass is 602 g/mol. The SMILES string of the molecule is COc1ccccc1CNC(=O)C1OCOC1C(=O)NC(Cc1ccc(OCc2c(Cl)cccc2Cl)cc1)C(=O)O. The zero-order chi connectivity index (χ0) is 29.4. The lowest BCUT2D eigenvalue weighted by Crippen LogP contribution is -2.52. The summed E-state index contributed by atoms with van der Waals surface area (Å²) in [4.78, 5) is 37.7. The molecule has 1 heterocycles. The van der Waals surface area contributed by atoms with Crippen molar-refractivity contribution in [2.24, 2.45) is 0 Å². The number of aliphatic carboxylic acids is 1. The maximum absolute atomic E-state index is 12.9. The van der Waals surface area contributed by atoms with E-state index in [0.717, 1.165) is 5.56 Å². The summed E-state index contributed by atoms with van der Waals surface area (Å²) in [5, 5.41) is 15.9. The zero-order valence-corrected chi connectivity index (χ0v) is 23.5. The van der Waals surface area contributed by atoms with Crippen LogP contribution in [-0.4, -0.2) is 55.0 Å². The third-order valence-electron chi connectivity index (χ3n) is 6.36. The second kappa shape index (κ2) is 14.2. The Bertz CT molecular complexity index is 1370. The minimum atomic E-state index is -1.32. The highest BCUT2D eigenvalue weighted by molar-refractivity contribution is 6.35. The number of halogens is 2. The Labute approximate surface area is 246 Å². The molecular formula is C29H28Cl2N2O8. The standard InChI is InChI=1S/C29H28Cl2N2O8/c1-38-24-8-3-2-5-18(24)14-32-27(34)25-26(41-16-40-25)28(35)33-23(29(36)37)13-17-9-11-19(12-10-17)39-15-20-21(30)6-4-7-22(20)31/h2-12,23,25-26H,13-16H2,1H3,(H,32,34)(H,33,35)(H,36,37). The lowest BCUT2D eigenvalue weighted by molar-refractivity contribution is -0.144. The van der Waals surface area contributed by atoms with Crippen LogP contribution < -0.4 is 20.1 Å². The van der Waals surface area contributed by atoms with Crippen molar-refractivity contribution in [2.75, 3.05) is 13.9 Å². The quantitative estimate of drug-likeness (QED) is 0.285. The van der Waals surface area contributed by atoms with Crippen molar-refractivity contribution in [1.82, 2.24) is 10.6 Å². The largest absolute Gasteiger partial charge is 0.496 e. The average Bonchev–Trinajstić information content (AvgIpc) is 3.47. The number of amides is 2. The fourth-order valence-corrected chi connectivity index (χ4v) is 4.66. The molecule has 1 fully saturated rings. The summed E-state index contributed by atoms with van der Waals surface area (Å²) in [7, 11) is 1.52. The molecule has 12 heteroatoms. The van der Waals surface area contributed by atoms with Crippen LogP contribution in [0.4, 0.5) is 0 Å². The molecule has 3 unspecified atom stereocenters. The highest BCUT2D eigenvalue weighted by Gasteiger charge is 2.41. The van der Waals surface area contributed by atoms with Crippen molar-refractivity contribution in [1.29, 1.82) is 0 Å². The van der Waals surface area contributed by atoms with Crippen molar-refractivity contribution in [3.8, 4) is 11.5 Å². The number of ether oxygens (including phenoxy) is 4. The minimum absolute atomic E-state index is 0.0179. The summed E-state index contributed by atoms with van der Waals surface area (Å²) >= 11 is 12.4. The van der Waals surface area contributed by atoms with Crippen molar-refractivity contribution in [2.45, 2.75) is 37.8 Å². The first-order valence-corrected chi connectivity index (χ1v) is 13.3. The molecule has 3 N–H and O–H groups in total. The Kier molecular flexibility index (Phi) is 10.4. The predicted octanol–water partition coefficient (Wildman–Crippen LogP) is 3.75. The molecule has 3 aromatic rings. The summed E-state index contributed by atoms with van der Waals surface area (Å²) < 4.78 is 21.7. The van der Waals surface area contributed by atoms with Gasteiger partial charge in [-0.15, -0.1) is 0 Å². The van der Waals surface area contributed by atoms with Gasteiger partial charge >= 0.3 is 5.97 Å². The van der Waals surface area contributed by atoms with E-state index in [4.69, 9.17) is 42.1 Å². The fourth-order valence-electron chi connectivity index (χ4n) is 4.16. The van der Waals surface area contributed by atoms with Gasteiger partial charge in [-0.1, -0.05) is 59.6 Å². The van der Waals surface area contributed by atoms with Crippen LogP contribution in [0.15, 0.2) is 66.7 Å². The number of rotatable bonds is 12. The number of carbonyl (C=O) groups is 3. The van der Waals surface area contributed by atoms with Crippen LogP contribution >= 0.6 is 23.2 Å². The van der Waals surface area contributed by atoms with Crippen LogP contribution in [-0.2, 0) is 43.4 Å². The predicted molar refractivity (Wildman–Crippen MR) is 150 cm³/mol. The lowest BCUT2D eigenvalue weighted by atomic mass is 10.0. The molecular weight excluding hydrogens is 575 g/mol. The van der Waals surface area contributed by atoms with E-state index in [9.17, 15) is 19.5 Å². The van der Waals surface area contributed by atoms with Gasteiger partial charge in [-0.3, -0.25) is 9.59 Å². The Morgan fingerprint density at radius 3 is 2.27 bits per heavy atom. The molecule has 0 bridgehead atoms. The highest BCUT2D eigenvalue weighted by atomic mass is 35.5. The van der Waals surface area contributed by atoms with Gasteiger partial charge in [0.2, 0.25) is 0 Å². The van der Waals surface area contributed by atoms with E-state index in [2.05, 4.69) is 10.6 Å². The molecule has 0 radical (unpaired) electrons. The smallest absolute Gasteiger partial charge is 0.326 e. The topological polar surface area (TPSA) is 132 Å². The van der Waals surface area contributed by atoms with Gasteiger partial charge < -0.3 is 34.7 Å². The van der Waals surface area contributed by atoms with Gasteiger partial charge in [-0.05, 0) is 35.9 Å². The molecule has 4 rings (SSSR count). The highest BCUT2D eigenvalue weighted by Crippen LogP contribution is 2.26. The van der Waals surface area contributed by atoms with Crippen LogP contribution in [0.3, 0.4) is 0 Å². The Balaban J connectivity index is 1.32. The summed E-state index contributed by atoms with van der Waals surface area (Å²) in [6, 6.07) is 17.8. The van der Waals surface area contributed by atoms with E-state index in [1.165, 1.54) is 7.11 Å². The van der Waals surface area contributed by atoms with Gasteiger partial charge in [-0.2, -0.15) is 0 Å². The van der Waals surface area contributed by atoms with E-state index >= 15 is 0 Å². The van der Waals surface area contributed by atoms with Crippen LogP contribution in [0, 0.1) is 0 Å². The molecule has 1 saturated heterocycles. The maximum atomic E-state index is 12.9. The maximum Gasteiger partial charge on any atom is 0.326 e. The van der Waals surface area contributed by atoms with Crippen molar-refractivity contribution < 1.29 is 38.4 Å². The summed E-state index contributed by atoms with van der Waals surface area (Å²) in [6.45, 7) is 0.00608. The molecule has 41 heavy (non-hydrogen) atoms. The van der Waals surface area contributed by atoms with Crippen LogP contribution in [0.5, 0.6) is 11.5 Å². The molecule has 0 saturated carbocycles. The number of benzene rings is 3. The molecule has 216 valence electrons. The summed E-state index contributed by atoms with van der Waals surface area (Å²) in [6.07, 6.45) is -2.58. The molecule has 0 aliphatic carbocycles. The van der Waals surface area contributed by atoms with E-state index in [1.54, 1.807) is 66.7 Å². The Morgan fingerprint density at radius 1 is 0.951 bits per heavy atom. The van der Waals surface area contributed by atoms with Gasteiger partial charge in [0.05, 0.1) is 7.11 Å². The van der Waals surface area contributed by atoms with Gasteiger partial charge in [0.25, 0.3) is 11.8 Å². The molecule has 10 nitrogen and oxygen atoms in total. The number of carbonyl (C=O) groups excluding carboxylic acids is 2. The van der Waals surface area contributed by atoms with Crippen molar-refractivity contribution in [3.05, 3.63) is 93.5 Å². The molecule has 0 aromatic heterocycles. The first-order chi connectivity index (χ1) is 19.8. The first-order valence-electron chi connectivity index (χ1n) is 12.6. The van der Waals surface area contributed by atoms with Crippen LogP contribution in [0.1, 0.15) is 16.7 Å². The minimum Gasteiger partial charge on any atom is -0.496 e.